The van der Waals surface area contributed by atoms with E-state index in [1.807, 2.05) is 0 Å². The minimum Gasteiger partial charge on any atom is -0.274 e. The molecular formula is C6H7FN2S. The molecule has 0 bridgehead atoms. The SMILES string of the molecule is CS(=N)c1ncccc1F. The van der Waals surface area contributed by atoms with Gasteiger partial charge in [0.2, 0.25) is 0 Å². The van der Waals surface area contributed by atoms with Gasteiger partial charge in [0.15, 0.2) is 5.82 Å². The third kappa shape index (κ3) is 1.39. The molecule has 1 aromatic heterocycles. The first-order chi connectivity index (χ1) is 4.72. The number of pyridine rings is 1. The van der Waals surface area contributed by atoms with Crippen molar-refractivity contribution in [3.63, 3.8) is 0 Å². The molecule has 0 aliphatic rings. The molecule has 1 unspecified atom stereocenters. The minimum atomic E-state index is -0.827. The van der Waals surface area contributed by atoms with Crippen molar-refractivity contribution in [2.24, 2.45) is 0 Å². The lowest BCUT2D eigenvalue weighted by Crippen LogP contribution is -1.93. The first kappa shape index (κ1) is 7.34. The molecule has 0 spiro atoms. The molecular weight excluding hydrogens is 151 g/mol. The number of hydrogen-bond acceptors (Lipinski definition) is 2. The second-order valence-corrected chi connectivity index (χ2v) is 3.21. The number of halogens is 1. The maximum Gasteiger partial charge on any atom is 0.156 e. The smallest absolute Gasteiger partial charge is 0.156 e. The quantitative estimate of drug-likeness (QED) is 0.662. The fourth-order valence-corrected chi connectivity index (χ4v) is 1.18. The second kappa shape index (κ2) is 2.88. The van der Waals surface area contributed by atoms with Gasteiger partial charge in [-0.15, -0.1) is 0 Å². The van der Waals surface area contributed by atoms with Crippen molar-refractivity contribution < 1.29 is 4.39 Å². The molecule has 2 nitrogen and oxygen atoms in total. The molecule has 54 valence electrons. The number of nitrogens with zero attached hydrogens (tertiary/aromatic N) is 1. The molecule has 10 heavy (non-hydrogen) atoms. The number of aromatic nitrogens is 1. The van der Waals surface area contributed by atoms with Crippen molar-refractivity contribution in [3.8, 4) is 0 Å². The zero-order chi connectivity index (χ0) is 7.56. The van der Waals surface area contributed by atoms with Gasteiger partial charge in [-0.25, -0.2) is 9.37 Å². The van der Waals surface area contributed by atoms with Crippen LogP contribution in [0, 0.1) is 10.6 Å². The fourth-order valence-electron chi connectivity index (χ4n) is 0.597. The molecule has 0 aromatic carbocycles. The molecule has 0 radical (unpaired) electrons. The van der Waals surface area contributed by atoms with Crippen LogP contribution in [-0.2, 0) is 10.7 Å². The number of nitrogens with one attached hydrogen (secondary N) is 1. The average Bonchev–Trinajstić information content (AvgIpc) is 1.88. The normalized spacial score (nSPS) is 13.0. The standard InChI is InChI=1S/C6H7FN2S/c1-10(8)6-5(7)3-2-4-9-6/h2-4,8H,1H3. The van der Waals surface area contributed by atoms with Gasteiger partial charge in [-0.2, -0.15) is 0 Å². The third-order valence-corrected chi connectivity index (χ3v) is 1.90. The van der Waals surface area contributed by atoms with E-state index in [2.05, 4.69) is 4.98 Å². The van der Waals surface area contributed by atoms with Crippen LogP contribution in [-0.4, -0.2) is 11.2 Å². The molecule has 0 amide bonds. The van der Waals surface area contributed by atoms with E-state index in [4.69, 9.17) is 4.78 Å². The predicted molar refractivity (Wildman–Crippen MR) is 38.5 cm³/mol. The van der Waals surface area contributed by atoms with Crippen molar-refractivity contribution >= 4 is 10.7 Å². The van der Waals surface area contributed by atoms with Crippen molar-refractivity contribution in [2.45, 2.75) is 5.03 Å². The Hall–Kier alpha value is -0.770. The summed E-state index contributed by atoms with van der Waals surface area (Å²) in [6.45, 7) is 0. The molecule has 0 saturated carbocycles. The number of rotatable bonds is 1. The van der Waals surface area contributed by atoms with Crippen LogP contribution in [0.2, 0.25) is 0 Å². The molecule has 0 aliphatic carbocycles. The summed E-state index contributed by atoms with van der Waals surface area (Å²) in [4.78, 5) is 3.73. The average molecular weight is 158 g/mol. The monoisotopic (exact) mass is 158 g/mol. The molecule has 1 atom stereocenters. The fraction of sp³-hybridized carbons (Fsp3) is 0.167. The number of hydrogen-bond donors (Lipinski definition) is 1. The summed E-state index contributed by atoms with van der Waals surface area (Å²) < 4.78 is 19.8. The zero-order valence-corrected chi connectivity index (χ0v) is 6.28. The van der Waals surface area contributed by atoms with Crippen molar-refractivity contribution in [3.05, 3.63) is 24.1 Å². The van der Waals surface area contributed by atoms with Crippen LogP contribution in [0.15, 0.2) is 23.4 Å². The van der Waals surface area contributed by atoms with Gasteiger partial charge in [-0.05, 0) is 18.4 Å². The second-order valence-electron chi connectivity index (χ2n) is 1.80. The van der Waals surface area contributed by atoms with E-state index in [9.17, 15) is 4.39 Å². The van der Waals surface area contributed by atoms with Crippen LogP contribution < -0.4 is 0 Å². The Morgan fingerprint density at radius 2 is 2.40 bits per heavy atom. The summed E-state index contributed by atoms with van der Waals surface area (Å²) >= 11 is 0. The first-order valence-electron chi connectivity index (χ1n) is 2.69. The lowest BCUT2D eigenvalue weighted by molar-refractivity contribution is 0.587. The van der Waals surface area contributed by atoms with Gasteiger partial charge in [-0.3, -0.25) is 4.78 Å². The Morgan fingerprint density at radius 1 is 1.70 bits per heavy atom. The summed E-state index contributed by atoms with van der Waals surface area (Å²) in [6, 6.07) is 2.84. The minimum absolute atomic E-state index is 0.238. The third-order valence-electron chi connectivity index (χ3n) is 1.01. The maximum atomic E-state index is 12.7. The van der Waals surface area contributed by atoms with E-state index in [1.54, 1.807) is 6.26 Å². The van der Waals surface area contributed by atoms with E-state index in [-0.39, 0.29) is 10.8 Å². The molecule has 4 heteroatoms. The van der Waals surface area contributed by atoms with Gasteiger partial charge >= 0.3 is 0 Å². The molecule has 1 heterocycles. The van der Waals surface area contributed by atoms with E-state index in [1.165, 1.54) is 18.3 Å². The molecule has 1 N–H and O–H groups in total. The molecule has 1 rings (SSSR count). The zero-order valence-electron chi connectivity index (χ0n) is 5.47. The Balaban J connectivity index is 3.15. The van der Waals surface area contributed by atoms with E-state index < -0.39 is 10.7 Å². The molecule has 0 aliphatic heterocycles. The Bertz CT molecular complexity index is 262. The molecule has 0 fully saturated rings. The van der Waals surface area contributed by atoms with Crippen LogP contribution in [0.4, 0.5) is 4.39 Å². The van der Waals surface area contributed by atoms with Crippen LogP contribution in [0.5, 0.6) is 0 Å². The van der Waals surface area contributed by atoms with Crippen LogP contribution >= 0.6 is 0 Å². The van der Waals surface area contributed by atoms with Gasteiger partial charge in [0.05, 0.1) is 0 Å². The van der Waals surface area contributed by atoms with Gasteiger partial charge in [0.1, 0.15) is 5.03 Å². The van der Waals surface area contributed by atoms with E-state index in [0.717, 1.165) is 0 Å². The van der Waals surface area contributed by atoms with Crippen molar-refractivity contribution in [1.29, 1.82) is 4.78 Å². The van der Waals surface area contributed by atoms with Crippen LogP contribution in [0.25, 0.3) is 0 Å². The first-order valence-corrected chi connectivity index (χ1v) is 4.33. The highest BCUT2D eigenvalue weighted by atomic mass is 32.2. The lowest BCUT2D eigenvalue weighted by atomic mass is 10.5. The Kier molecular flexibility index (Phi) is 2.11. The largest absolute Gasteiger partial charge is 0.274 e. The van der Waals surface area contributed by atoms with Crippen molar-refractivity contribution in [1.82, 2.24) is 4.98 Å². The van der Waals surface area contributed by atoms with Crippen LogP contribution in [0.3, 0.4) is 0 Å². The highest BCUT2D eigenvalue weighted by Crippen LogP contribution is 2.05. The highest BCUT2D eigenvalue weighted by Gasteiger charge is 2.00. The summed E-state index contributed by atoms with van der Waals surface area (Å²) in [5.41, 5.74) is 0. The van der Waals surface area contributed by atoms with E-state index >= 15 is 0 Å². The molecule has 0 saturated heterocycles. The summed E-state index contributed by atoms with van der Waals surface area (Å²) in [7, 11) is -0.827. The lowest BCUT2D eigenvalue weighted by Gasteiger charge is -1.96. The van der Waals surface area contributed by atoms with Crippen molar-refractivity contribution in [2.75, 3.05) is 6.26 Å². The maximum absolute atomic E-state index is 12.7. The summed E-state index contributed by atoms with van der Waals surface area (Å²) in [5, 5.41) is 0.238. The highest BCUT2D eigenvalue weighted by molar-refractivity contribution is 7.85. The van der Waals surface area contributed by atoms with Crippen LogP contribution in [0.1, 0.15) is 0 Å². The predicted octanol–water partition coefficient (Wildman–Crippen LogP) is 1.59. The van der Waals surface area contributed by atoms with Gasteiger partial charge < -0.3 is 0 Å². The van der Waals surface area contributed by atoms with Gasteiger partial charge in [0.25, 0.3) is 0 Å². The Labute approximate surface area is 61.0 Å². The van der Waals surface area contributed by atoms with E-state index in [0.29, 0.717) is 0 Å². The summed E-state index contributed by atoms with van der Waals surface area (Å²) in [5.74, 6) is -0.386. The Morgan fingerprint density at radius 3 is 2.80 bits per heavy atom. The summed E-state index contributed by atoms with van der Waals surface area (Å²) in [6.07, 6.45) is 3.11. The topological polar surface area (TPSA) is 36.7 Å². The molecule has 1 aromatic rings. The van der Waals surface area contributed by atoms with Gasteiger partial charge in [0, 0.05) is 6.20 Å². The van der Waals surface area contributed by atoms with Gasteiger partial charge in [-0.1, -0.05) is 10.7 Å².